The minimum atomic E-state index is -0.287. The van der Waals surface area contributed by atoms with Crippen molar-refractivity contribution in [2.45, 2.75) is 6.92 Å². The maximum Gasteiger partial charge on any atom is 0.276 e. The fourth-order valence-corrected chi connectivity index (χ4v) is 2.80. The summed E-state index contributed by atoms with van der Waals surface area (Å²) in [5.41, 5.74) is 3.55. The maximum atomic E-state index is 12.7. The van der Waals surface area contributed by atoms with Crippen LogP contribution in [0.15, 0.2) is 54.7 Å². The Kier molecular flexibility index (Phi) is 4.59. The van der Waals surface area contributed by atoms with Crippen molar-refractivity contribution in [2.75, 3.05) is 17.7 Å². The van der Waals surface area contributed by atoms with E-state index in [1.807, 2.05) is 49.4 Å². The van der Waals surface area contributed by atoms with E-state index in [2.05, 4.69) is 30.8 Å². The van der Waals surface area contributed by atoms with E-state index in [-0.39, 0.29) is 5.91 Å². The number of carbonyl (C=O) groups is 1. The number of amides is 1. The molecule has 0 fully saturated rings. The van der Waals surface area contributed by atoms with Gasteiger partial charge in [-0.2, -0.15) is 10.1 Å². The summed E-state index contributed by atoms with van der Waals surface area (Å²) >= 11 is 0. The Morgan fingerprint density at radius 2 is 2.00 bits per heavy atom. The average Bonchev–Trinajstić information content (AvgIpc) is 3.15. The van der Waals surface area contributed by atoms with Gasteiger partial charge in [-0.1, -0.05) is 24.3 Å². The minimum Gasteiger partial charge on any atom is -0.481 e. The molecule has 0 unspecified atom stereocenters. The summed E-state index contributed by atoms with van der Waals surface area (Å²) in [4.78, 5) is 21.1. The summed E-state index contributed by atoms with van der Waals surface area (Å²) in [6.45, 7) is 1.95. The van der Waals surface area contributed by atoms with E-state index in [0.717, 1.165) is 22.2 Å². The SMILES string of the molecule is COc1ccnc(Nc2cc(NC(=O)c3n[nH]c4ccccc34)ccc2C)n1. The van der Waals surface area contributed by atoms with Crippen LogP contribution in [-0.2, 0) is 0 Å². The number of para-hydroxylation sites is 1. The van der Waals surface area contributed by atoms with Crippen molar-refractivity contribution < 1.29 is 9.53 Å². The van der Waals surface area contributed by atoms with Crippen LogP contribution in [0.4, 0.5) is 17.3 Å². The molecule has 0 aliphatic heterocycles. The van der Waals surface area contributed by atoms with Crippen LogP contribution in [0.3, 0.4) is 0 Å². The second-order valence-corrected chi connectivity index (χ2v) is 6.15. The highest BCUT2D eigenvalue weighted by Crippen LogP contribution is 2.24. The third kappa shape index (κ3) is 3.48. The number of rotatable bonds is 5. The molecule has 0 spiro atoms. The van der Waals surface area contributed by atoms with E-state index >= 15 is 0 Å². The number of H-pyrrole nitrogens is 1. The zero-order valence-electron chi connectivity index (χ0n) is 15.4. The zero-order valence-corrected chi connectivity index (χ0v) is 15.4. The summed E-state index contributed by atoms with van der Waals surface area (Å²) in [6.07, 6.45) is 1.61. The van der Waals surface area contributed by atoms with E-state index < -0.39 is 0 Å². The molecule has 0 atom stereocenters. The molecule has 0 radical (unpaired) electrons. The molecule has 2 aromatic heterocycles. The second kappa shape index (κ2) is 7.36. The number of ether oxygens (including phenoxy) is 1. The number of hydrogen-bond donors (Lipinski definition) is 3. The zero-order chi connectivity index (χ0) is 19.5. The van der Waals surface area contributed by atoms with E-state index in [1.54, 1.807) is 19.4 Å². The molecular weight excluding hydrogens is 356 g/mol. The lowest BCUT2D eigenvalue weighted by Gasteiger charge is -2.11. The smallest absolute Gasteiger partial charge is 0.276 e. The van der Waals surface area contributed by atoms with E-state index in [0.29, 0.717) is 23.2 Å². The van der Waals surface area contributed by atoms with Gasteiger partial charge in [-0.05, 0) is 30.7 Å². The van der Waals surface area contributed by atoms with Crippen molar-refractivity contribution in [2.24, 2.45) is 0 Å². The van der Waals surface area contributed by atoms with Gasteiger partial charge in [-0.25, -0.2) is 4.98 Å². The summed E-state index contributed by atoms with van der Waals surface area (Å²) < 4.78 is 5.12. The highest BCUT2D eigenvalue weighted by Gasteiger charge is 2.14. The molecule has 4 rings (SSSR count). The molecule has 8 heteroatoms. The third-order valence-corrected chi connectivity index (χ3v) is 4.27. The predicted octanol–water partition coefficient (Wildman–Crippen LogP) is 3.67. The largest absolute Gasteiger partial charge is 0.481 e. The Balaban J connectivity index is 1.57. The first-order valence-electron chi connectivity index (χ1n) is 8.63. The van der Waals surface area contributed by atoms with Crippen molar-refractivity contribution in [1.82, 2.24) is 20.2 Å². The van der Waals surface area contributed by atoms with Gasteiger partial charge in [0.25, 0.3) is 5.91 Å². The van der Waals surface area contributed by atoms with Crippen LogP contribution < -0.4 is 15.4 Å². The van der Waals surface area contributed by atoms with Gasteiger partial charge >= 0.3 is 0 Å². The number of nitrogens with zero attached hydrogens (tertiary/aromatic N) is 3. The lowest BCUT2D eigenvalue weighted by atomic mass is 10.1. The molecule has 28 heavy (non-hydrogen) atoms. The molecule has 0 bridgehead atoms. The summed E-state index contributed by atoms with van der Waals surface area (Å²) in [6, 6.07) is 14.7. The maximum absolute atomic E-state index is 12.7. The molecule has 0 aliphatic rings. The van der Waals surface area contributed by atoms with Gasteiger partial charge in [0.05, 0.1) is 12.6 Å². The van der Waals surface area contributed by atoms with E-state index in [4.69, 9.17) is 4.74 Å². The van der Waals surface area contributed by atoms with Crippen LogP contribution >= 0.6 is 0 Å². The predicted molar refractivity (Wildman–Crippen MR) is 107 cm³/mol. The number of aromatic amines is 1. The van der Waals surface area contributed by atoms with Crippen LogP contribution in [-0.4, -0.2) is 33.2 Å². The monoisotopic (exact) mass is 374 g/mol. The summed E-state index contributed by atoms with van der Waals surface area (Å²) in [5.74, 6) is 0.583. The molecule has 0 aliphatic carbocycles. The van der Waals surface area contributed by atoms with Gasteiger partial charge in [0, 0.05) is 29.0 Å². The fraction of sp³-hybridized carbons (Fsp3) is 0.100. The van der Waals surface area contributed by atoms with Gasteiger partial charge in [-0.3, -0.25) is 9.89 Å². The topological polar surface area (TPSA) is 105 Å². The molecule has 140 valence electrons. The Hall–Kier alpha value is -3.94. The molecular formula is C20H18N6O2. The lowest BCUT2D eigenvalue weighted by Crippen LogP contribution is -2.13. The van der Waals surface area contributed by atoms with Crippen LogP contribution in [0.5, 0.6) is 5.88 Å². The van der Waals surface area contributed by atoms with Crippen LogP contribution in [0.1, 0.15) is 16.1 Å². The number of hydrogen-bond acceptors (Lipinski definition) is 6. The number of methoxy groups -OCH3 is 1. The first-order valence-corrected chi connectivity index (χ1v) is 8.63. The number of anilines is 3. The number of benzene rings is 2. The summed E-state index contributed by atoms with van der Waals surface area (Å²) in [7, 11) is 1.55. The molecule has 0 saturated carbocycles. The Labute approximate surface area is 161 Å². The van der Waals surface area contributed by atoms with Crippen molar-refractivity contribution in [1.29, 1.82) is 0 Å². The van der Waals surface area contributed by atoms with Crippen molar-refractivity contribution in [3.8, 4) is 5.88 Å². The second-order valence-electron chi connectivity index (χ2n) is 6.15. The molecule has 1 amide bonds. The molecule has 4 aromatic rings. The highest BCUT2D eigenvalue weighted by molar-refractivity contribution is 6.11. The first kappa shape index (κ1) is 17.5. The standard InChI is InChI=1S/C20H18N6O2/c1-12-7-8-13(11-16(12)23-20-21-10-9-17(24-20)28-2)22-19(27)18-14-5-3-4-6-15(14)25-26-18/h3-11H,1-2H3,(H,22,27)(H,25,26)(H,21,23,24). The average molecular weight is 374 g/mol. The lowest BCUT2D eigenvalue weighted by molar-refractivity contribution is 0.102. The molecule has 3 N–H and O–H groups in total. The molecule has 0 saturated heterocycles. The first-order chi connectivity index (χ1) is 13.6. The number of aryl methyl sites for hydroxylation is 1. The molecule has 8 nitrogen and oxygen atoms in total. The van der Waals surface area contributed by atoms with Crippen molar-refractivity contribution >= 4 is 34.1 Å². The number of fused-ring (bicyclic) bond motifs is 1. The normalized spacial score (nSPS) is 10.6. The minimum absolute atomic E-state index is 0.287. The number of nitrogens with one attached hydrogen (secondary N) is 3. The molecule has 2 heterocycles. The third-order valence-electron chi connectivity index (χ3n) is 4.27. The fourth-order valence-electron chi connectivity index (χ4n) is 2.80. The van der Waals surface area contributed by atoms with Gasteiger partial charge in [-0.15, -0.1) is 0 Å². The van der Waals surface area contributed by atoms with Crippen LogP contribution in [0.2, 0.25) is 0 Å². The molecule has 2 aromatic carbocycles. The van der Waals surface area contributed by atoms with Gasteiger partial charge < -0.3 is 15.4 Å². The van der Waals surface area contributed by atoms with Crippen LogP contribution in [0.25, 0.3) is 10.9 Å². The van der Waals surface area contributed by atoms with Gasteiger partial charge in [0.2, 0.25) is 11.8 Å². The Morgan fingerprint density at radius 1 is 1.14 bits per heavy atom. The number of aromatic nitrogens is 4. The Bertz CT molecular complexity index is 1150. The van der Waals surface area contributed by atoms with E-state index in [1.165, 1.54) is 0 Å². The van der Waals surface area contributed by atoms with Crippen molar-refractivity contribution in [3.63, 3.8) is 0 Å². The van der Waals surface area contributed by atoms with Gasteiger partial charge in [0.15, 0.2) is 5.69 Å². The van der Waals surface area contributed by atoms with E-state index in [9.17, 15) is 4.79 Å². The van der Waals surface area contributed by atoms with Gasteiger partial charge in [0.1, 0.15) is 0 Å². The summed E-state index contributed by atoms with van der Waals surface area (Å²) in [5, 5.41) is 13.8. The van der Waals surface area contributed by atoms with Crippen LogP contribution in [0, 0.1) is 6.92 Å². The highest BCUT2D eigenvalue weighted by atomic mass is 16.5. The Morgan fingerprint density at radius 3 is 2.86 bits per heavy atom. The van der Waals surface area contributed by atoms with Crippen molar-refractivity contribution in [3.05, 3.63) is 66.0 Å². The number of carbonyl (C=O) groups excluding carboxylic acids is 1. The quantitative estimate of drug-likeness (QED) is 0.492.